The molecule has 11 heavy (non-hydrogen) atoms. The Morgan fingerprint density at radius 1 is 1.55 bits per heavy atom. The summed E-state index contributed by atoms with van der Waals surface area (Å²) in [5.74, 6) is 0. The molecule has 0 aromatic rings. The molecule has 0 atom stereocenters. The monoisotopic (exact) mass is 155 g/mol. The van der Waals surface area contributed by atoms with E-state index in [4.69, 9.17) is 0 Å². The minimum Gasteiger partial charge on any atom is -0.131 e. The van der Waals surface area contributed by atoms with Gasteiger partial charge in [-0.05, 0) is 6.42 Å². The van der Waals surface area contributed by atoms with Gasteiger partial charge in [-0.2, -0.15) is 0 Å². The van der Waals surface area contributed by atoms with Gasteiger partial charge in [-0.3, -0.25) is 0 Å². The summed E-state index contributed by atoms with van der Waals surface area (Å²) in [6.45, 7) is 3.84. The molecule has 1 aliphatic rings. The number of unbranched alkanes of at least 4 members (excludes halogenated alkanes) is 2. The highest BCUT2D eigenvalue weighted by atomic mass is 16.3. The molecule has 0 amide bonds. The van der Waals surface area contributed by atoms with E-state index in [1.807, 2.05) is 6.08 Å². The summed E-state index contributed by atoms with van der Waals surface area (Å²) < 4.78 is 0. The van der Waals surface area contributed by atoms with Crippen molar-refractivity contribution in [3.05, 3.63) is 17.2 Å². The molecule has 1 heterocycles. The fourth-order valence-electron chi connectivity index (χ4n) is 1.17. The molecule has 0 N–H and O–H groups in total. The molecule has 3 nitrogen and oxygen atoms in total. The molecule has 0 saturated heterocycles. The van der Waals surface area contributed by atoms with Gasteiger partial charge in [0.25, 0.3) is 6.20 Å². The van der Waals surface area contributed by atoms with E-state index >= 15 is 0 Å². The number of rotatable bonds is 4. The van der Waals surface area contributed by atoms with Gasteiger partial charge in [-0.15, -0.1) is 5.01 Å². The lowest BCUT2D eigenvalue weighted by Gasteiger charge is -2.05. The highest BCUT2D eigenvalue weighted by Gasteiger charge is 2.20. The third-order valence-electron chi connectivity index (χ3n) is 1.85. The largest absolute Gasteiger partial charge is 0.255 e. The molecule has 0 aromatic heterocycles. The highest BCUT2D eigenvalue weighted by Crippen LogP contribution is 2.03. The van der Waals surface area contributed by atoms with Crippen LogP contribution in [0.4, 0.5) is 0 Å². The van der Waals surface area contributed by atoms with Gasteiger partial charge in [-0.1, -0.05) is 19.8 Å². The van der Waals surface area contributed by atoms with Crippen molar-refractivity contribution in [1.82, 2.24) is 5.01 Å². The van der Waals surface area contributed by atoms with Crippen LogP contribution in [0.2, 0.25) is 0 Å². The zero-order chi connectivity index (χ0) is 8.10. The molecule has 0 spiro atoms. The summed E-state index contributed by atoms with van der Waals surface area (Å²) in [4.78, 5) is 11.9. The number of hydrogen-bond acceptors (Lipinski definition) is 1. The van der Waals surface area contributed by atoms with Crippen LogP contribution in [0.3, 0.4) is 0 Å². The van der Waals surface area contributed by atoms with Crippen LogP contribution in [0.15, 0.2) is 12.3 Å². The van der Waals surface area contributed by atoms with Crippen LogP contribution < -0.4 is 0 Å². The number of hydrazine groups is 1. The maximum absolute atomic E-state index is 10.9. The Morgan fingerprint density at radius 3 is 2.91 bits per heavy atom. The Balaban J connectivity index is 2.13. The van der Waals surface area contributed by atoms with Crippen molar-refractivity contribution in [2.45, 2.75) is 26.2 Å². The lowest BCUT2D eigenvalue weighted by molar-refractivity contribution is -0.642. The van der Waals surface area contributed by atoms with Crippen LogP contribution >= 0.6 is 0 Å². The molecular weight excluding hydrogens is 140 g/mol. The van der Waals surface area contributed by atoms with E-state index in [0.717, 1.165) is 24.4 Å². The van der Waals surface area contributed by atoms with Crippen molar-refractivity contribution in [2.75, 3.05) is 13.1 Å². The third-order valence-corrected chi connectivity index (χ3v) is 1.85. The van der Waals surface area contributed by atoms with E-state index in [9.17, 15) is 4.91 Å². The fraction of sp³-hybridized carbons (Fsp3) is 0.750. The maximum atomic E-state index is 10.9. The minimum absolute atomic E-state index is 0.785. The topological polar surface area (TPSA) is 23.3 Å². The second-order valence-corrected chi connectivity index (χ2v) is 2.81. The molecular formula is C8H15N2O+. The van der Waals surface area contributed by atoms with Crippen molar-refractivity contribution in [1.29, 1.82) is 0 Å². The van der Waals surface area contributed by atoms with Crippen molar-refractivity contribution in [2.24, 2.45) is 0 Å². The van der Waals surface area contributed by atoms with Crippen LogP contribution in [-0.4, -0.2) is 23.0 Å². The first-order chi connectivity index (χ1) is 5.34. The van der Waals surface area contributed by atoms with Gasteiger partial charge in [0.05, 0.1) is 11.5 Å². The molecule has 62 valence electrons. The Kier molecular flexibility index (Phi) is 3.08. The average Bonchev–Trinajstić information content (AvgIpc) is 2.37. The first-order valence-electron chi connectivity index (χ1n) is 4.22. The first-order valence-corrected chi connectivity index (χ1v) is 4.22. The summed E-state index contributed by atoms with van der Waals surface area (Å²) in [6, 6.07) is 0. The minimum atomic E-state index is 0.785. The van der Waals surface area contributed by atoms with Crippen LogP contribution in [0.5, 0.6) is 0 Å². The molecule has 3 heteroatoms. The van der Waals surface area contributed by atoms with E-state index in [-0.39, 0.29) is 0 Å². The highest BCUT2D eigenvalue weighted by molar-refractivity contribution is 4.79. The van der Waals surface area contributed by atoms with Crippen LogP contribution in [0, 0.1) is 4.91 Å². The van der Waals surface area contributed by atoms with E-state index in [2.05, 4.69) is 6.92 Å². The fourth-order valence-corrected chi connectivity index (χ4v) is 1.17. The SMILES string of the molecule is CCCCCN1CC=C[N+]1=O. The number of nitrogens with zero attached hydrogens (tertiary/aromatic N) is 2. The predicted octanol–water partition coefficient (Wildman–Crippen LogP) is 1.70. The molecule has 0 radical (unpaired) electrons. The quantitative estimate of drug-likeness (QED) is 0.455. The molecule has 0 saturated carbocycles. The van der Waals surface area contributed by atoms with E-state index < -0.39 is 0 Å². The van der Waals surface area contributed by atoms with Crippen molar-refractivity contribution < 1.29 is 4.87 Å². The number of hydrogen-bond donors (Lipinski definition) is 0. The zero-order valence-electron chi connectivity index (χ0n) is 6.99. The van der Waals surface area contributed by atoms with Crippen LogP contribution in [-0.2, 0) is 0 Å². The van der Waals surface area contributed by atoms with Gasteiger partial charge in [-0.25, -0.2) is 0 Å². The molecule has 1 aliphatic heterocycles. The Hall–Kier alpha value is -0.860. The summed E-state index contributed by atoms with van der Waals surface area (Å²) in [5.41, 5.74) is 0. The first kappa shape index (κ1) is 8.24. The van der Waals surface area contributed by atoms with Gasteiger partial charge < -0.3 is 0 Å². The van der Waals surface area contributed by atoms with Crippen molar-refractivity contribution in [3.8, 4) is 0 Å². The third kappa shape index (κ3) is 2.33. The summed E-state index contributed by atoms with van der Waals surface area (Å²) in [7, 11) is 0. The summed E-state index contributed by atoms with van der Waals surface area (Å²) in [5, 5.41) is 1.80. The van der Waals surface area contributed by atoms with Gasteiger partial charge in [0, 0.05) is 6.08 Å². The van der Waals surface area contributed by atoms with E-state index in [1.165, 1.54) is 12.8 Å². The van der Waals surface area contributed by atoms with Crippen LogP contribution in [0.1, 0.15) is 26.2 Å². The van der Waals surface area contributed by atoms with Gasteiger partial charge in [0.2, 0.25) is 0 Å². The summed E-state index contributed by atoms with van der Waals surface area (Å²) >= 11 is 0. The standard InChI is InChI=1S/C8H15N2O/c1-2-3-4-6-9-7-5-8-10(9)11/h5,8H,2-4,6-7H2,1H3/q+1. The van der Waals surface area contributed by atoms with E-state index in [0.29, 0.717) is 0 Å². The van der Waals surface area contributed by atoms with Gasteiger partial charge in [0.15, 0.2) is 4.87 Å². The molecule has 0 bridgehead atoms. The molecule has 1 rings (SSSR count). The second kappa shape index (κ2) is 4.11. The Bertz CT molecular complexity index is 165. The summed E-state index contributed by atoms with van der Waals surface area (Å²) in [6.07, 6.45) is 7.01. The van der Waals surface area contributed by atoms with Gasteiger partial charge >= 0.3 is 0 Å². The predicted molar refractivity (Wildman–Crippen MR) is 43.9 cm³/mol. The van der Waals surface area contributed by atoms with Gasteiger partial charge in [0.1, 0.15) is 6.54 Å². The molecule has 0 aliphatic carbocycles. The Morgan fingerprint density at radius 2 is 2.36 bits per heavy atom. The zero-order valence-corrected chi connectivity index (χ0v) is 6.99. The molecule has 0 aromatic carbocycles. The van der Waals surface area contributed by atoms with E-state index in [1.54, 1.807) is 11.2 Å². The van der Waals surface area contributed by atoms with Crippen molar-refractivity contribution >= 4 is 0 Å². The smallest absolute Gasteiger partial charge is 0.131 e. The molecule has 0 fully saturated rings. The maximum Gasteiger partial charge on any atom is 0.255 e. The normalized spacial score (nSPS) is 16.5. The van der Waals surface area contributed by atoms with Crippen LogP contribution in [0.25, 0.3) is 0 Å². The average molecular weight is 155 g/mol. The Labute approximate surface area is 67.2 Å². The lowest BCUT2D eigenvalue weighted by atomic mass is 10.2. The van der Waals surface area contributed by atoms with Crippen molar-refractivity contribution in [3.63, 3.8) is 0 Å². The second-order valence-electron chi connectivity index (χ2n) is 2.81. The number of nitroso groups, excluding NO2 is 1. The lowest BCUT2D eigenvalue weighted by Crippen LogP contribution is -2.27. The molecule has 0 unspecified atom stereocenters.